The lowest BCUT2D eigenvalue weighted by molar-refractivity contribution is -0.118. The SMILES string of the molecule is CCOC(=O)c1cc(-c2ccccc2)sc1NC(=O)CN1C(=O)C(=O)c2ccccc21. The Morgan fingerprint density at radius 1 is 1.03 bits per heavy atom. The third kappa shape index (κ3) is 3.97. The fourth-order valence-corrected chi connectivity index (χ4v) is 4.37. The van der Waals surface area contributed by atoms with Crippen LogP contribution < -0.4 is 10.2 Å². The van der Waals surface area contributed by atoms with Gasteiger partial charge in [0.05, 0.1) is 23.4 Å². The summed E-state index contributed by atoms with van der Waals surface area (Å²) < 4.78 is 5.12. The maximum atomic E-state index is 12.7. The summed E-state index contributed by atoms with van der Waals surface area (Å²) in [5.41, 5.74) is 1.81. The molecule has 1 aliphatic heterocycles. The topological polar surface area (TPSA) is 92.8 Å². The van der Waals surface area contributed by atoms with Crippen LogP contribution in [0.2, 0.25) is 0 Å². The van der Waals surface area contributed by atoms with Gasteiger partial charge in [0.1, 0.15) is 11.5 Å². The molecular formula is C23H18N2O5S. The van der Waals surface area contributed by atoms with Gasteiger partial charge in [0.2, 0.25) is 5.91 Å². The third-order valence-corrected chi connectivity index (χ3v) is 5.82. The highest BCUT2D eigenvalue weighted by molar-refractivity contribution is 7.20. The zero-order valence-corrected chi connectivity index (χ0v) is 17.4. The first-order chi connectivity index (χ1) is 15.0. The zero-order valence-electron chi connectivity index (χ0n) is 16.6. The van der Waals surface area contributed by atoms with Gasteiger partial charge in [-0.05, 0) is 30.7 Å². The Balaban J connectivity index is 1.59. The summed E-state index contributed by atoms with van der Waals surface area (Å²) in [4.78, 5) is 51.6. The molecule has 0 fully saturated rings. The molecule has 7 nitrogen and oxygen atoms in total. The van der Waals surface area contributed by atoms with Crippen LogP contribution in [0, 0.1) is 0 Å². The average Bonchev–Trinajstić information content (AvgIpc) is 3.30. The minimum atomic E-state index is -0.752. The van der Waals surface area contributed by atoms with E-state index in [2.05, 4.69) is 5.32 Å². The van der Waals surface area contributed by atoms with Crippen molar-refractivity contribution in [2.24, 2.45) is 0 Å². The number of nitrogens with one attached hydrogen (secondary N) is 1. The average molecular weight is 434 g/mol. The summed E-state index contributed by atoms with van der Waals surface area (Å²) in [7, 11) is 0. The number of para-hydroxylation sites is 1. The second-order valence-corrected chi connectivity index (χ2v) is 7.78. The monoisotopic (exact) mass is 434 g/mol. The summed E-state index contributed by atoms with van der Waals surface area (Å²) in [5.74, 6) is -2.46. The first-order valence-electron chi connectivity index (χ1n) is 9.61. The maximum Gasteiger partial charge on any atom is 0.341 e. The van der Waals surface area contributed by atoms with Crippen LogP contribution >= 0.6 is 11.3 Å². The first-order valence-corrected chi connectivity index (χ1v) is 10.4. The molecule has 0 radical (unpaired) electrons. The van der Waals surface area contributed by atoms with Crippen molar-refractivity contribution in [3.8, 4) is 10.4 Å². The number of benzene rings is 2. The van der Waals surface area contributed by atoms with Crippen molar-refractivity contribution < 1.29 is 23.9 Å². The van der Waals surface area contributed by atoms with Crippen LogP contribution in [0.5, 0.6) is 0 Å². The van der Waals surface area contributed by atoms with Crippen molar-refractivity contribution in [1.29, 1.82) is 0 Å². The molecule has 1 N–H and O–H groups in total. The van der Waals surface area contributed by atoms with Crippen LogP contribution in [0.4, 0.5) is 10.7 Å². The van der Waals surface area contributed by atoms with E-state index < -0.39 is 23.6 Å². The fraction of sp³-hybridized carbons (Fsp3) is 0.130. The van der Waals surface area contributed by atoms with Crippen molar-refractivity contribution in [2.75, 3.05) is 23.4 Å². The largest absolute Gasteiger partial charge is 0.462 e. The summed E-state index contributed by atoms with van der Waals surface area (Å²) in [6.45, 7) is 1.56. The molecule has 0 unspecified atom stereocenters. The number of hydrogen-bond donors (Lipinski definition) is 1. The molecule has 2 amide bonds. The lowest BCUT2D eigenvalue weighted by Gasteiger charge is -2.16. The van der Waals surface area contributed by atoms with E-state index in [-0.39, 0.29) is 24.3 Å². The quantitative estimate of drug-likeness (QED) is 0.471. The molecule has 1 aliphatic rings. The maximum absolute atomic E-state index is 12.7. The van der Waals surface area contributed by atoms with Gasteiger partial charge in [0, 0.05) is 4.88 Å². The van der Waals surface area contributed by atoms with E-state index in [0.29, 0.717) is 10.7 Å². The van der Waals surface area contributed by atoms with Gasteiger partial charge >= 0.3 is 5.97 Å². The number of carbonyl (C=O) groups excluding carboxylic acids is 4. The highest BCUT2D eigenvalue weighted by Gasteiger charge is 2.36. The Bertz CT molecular complexity index is 1190. The third-order valence-electron chi connectivity index (χ3n) is 4.72. The summed E-state index contributed by atoms with van der Waals surface area (Å²) in [6, 6.07) is 17.7. The van der Waals surface area contributed by atoms with E-state index in [1.807, 2.05) is 30.3 Å². The number of fused-ring (bicyclic) bond motifs is 1. The van der Waals surface area contributed by atoms with Crippen molar-refractivity contribution >= 4 is 45.6 Å². The van der Waals surface area contributed by atoms with Crippen LogP contribution in [0.25, 0.3) is 10.4 Å². The molecule has 3 aromatic rings. The van der Waals surface area contributed by atoms with Crippen LogP contribution in [0.15, 0.2) is 60.7 Å². The molecule has 156 valence electrons. The number of hydrogen-bond acceptors (Lipinski definition) is 6. The van der Waals surface area contributed by atoms with Gasteiger partial charge in [-0.1, -0.05) is 42.5 Å². The molecule has 0 saturated carbocycles. The minimum Gasteiger partial charge on any atom is -0.462 e. The summed E-state index contributed by atoms with van der Waals surface area (Å²) >= 11 is 1.24. The molecule has 4 rings (SSSR count). The molecule has 2 heterocycles. The van der Waals surface area contributed by atoms with Gasteiger partial charge in [0.25, 0.3) is 11.7 Å². The molecule has 0 spiro atoms. The predicted octanol–water partition coefficient (Wildman–Crippen LogP) is 3.76. The molecule has 8 heteroatoms. The summed E-state index contributed by atoms with van der Waals surface area (Å²) in [5, 5.41) is 3.03. The van der Waals surface area contributed by atoms with E-state index in [1.165, 1.54) is 11.3 Å². The van der Waals surface area contributed by atoms with Crippen molar-refractivity contribution in [1.82, 2.24) is 0 Å². The van der Waals surface area contributed by atoms with Crippen LogP contribution in [-0.2, 0) is 14.3 Å². The second kappa shape index (κ2) is 8.53. The number of ether oxygens (including phenoxy) is 1. The lowest BCUT2D eigenvalue weighted by Crippen LogP contribution is -2.37. The number of carbonyl (C=O) groups is 4. The molecule has 0 saturated heterocycles. The molecule has 0 atom stereocenters. The first kappa shape index (κ1) is 20.5. The molecule has 0 bridgehead atoms. The van der Waals surface area contributed by atoms with Gasteiger partial charge in [-0.3, -0.25) is 19.3 Å². The number of amides is 2. The van der Waals surface area contributed by atoms with Gasteiger partial charge in [0.15, 0.2) is 0 Å². The van der Waals surface area contributed by atoms with Gasteiger partial charge < -0.3 is 10.1 Å². The Morgan fingerprint density at radius 3 is 2.48 bits per heavy atom. The van der Waals surface area contributed by atoms with E-state index in [0.717, 1.165) is 15.3 Å². The number of anilines is 2. The Morgan fingerprint density at radius 2 is 1.74 bits per heavy atom. The Labute approximate surface area is 182 Å². The van der Waals surface area contributed by atoms with Crippen LogP contribution in [0.3, 0.4) is 0 Å². The van der Waals surface area contributed by atoms with Crippen molar-refractivity contribution in [2.45, 2.75) is 6.92 Å². The number of nitrogens with zero attached hydrogens (tertiary/aromatic N) is 1. The van der Waals surface area contributed by atoms with Gasteiger partial charge in [-0.25, -0.2) is 4.79 Å². The number of Topliss-reactive ketones (excluding diaryl/α,β-unsaturated/α-hetero) is 1. The van der Waals surface area contributed by atoms with E-state index >= 15 is 0 Å². The van der Waals surface area contributed by atoms with Crippen molar-refractivity contribution in [3.63, 3.8) is 0 Å². The van der Waals surface area contributed by atoms with Crippen molar-refractivity contribution in [3.05, 3.63) is 71.8 Å². The lowest BCUT2D eigenvalue weighted by atomic mass is 10.1. The van der Waals surface area contributed by atoms with E-state index in [4.69, 9.17) is 4.74 Å². The smallest absolute Gasteiger partial charge is 0.341 e. The number of ketones is 1. The van der Waals surface area contributed by atoms with E-state index in [1.54, 1.807) is 37.3 Å². The highest BCUT2D eigenvalue weighted by Crippen LogP contribution is 2.36. The number of esters is 1. The van der Waals surface area contributed by atoms with Gasteiger partial charge in [-0.15, -0.1) is 11.3 Å². The van der Waals surface area contributed by atoms with Gasteiger partial charge in [-0.2, -0.15) is 0 Å². The van der Waals surface area contributed by atoms with Crippen LogP contribution in [0.1, 0.15) is 27.6 Å². The highest BCUT2D eigenvalue weighted by atomic mass is 32.1. The molecule has 1 aromatic heterocycles. The molecule has 2 aromatic carbocycles. The predicted molar refractivity (Wildman–Crippen MR) is 117 cm³/mol. The Hall–Kier alpha value is -3.78. The minimum absolute atomic E-state index is 0.198. The van der Waals surface area contributed by atoms with Crippen LogP contribution in [-0.4, -0.2) is 36.7 Å². The molecule has 0 aliphatic carbocycles. The zero-order chi connectivity index (χ0) is 22.0. The fourth-order valence-electron chi connectivity index (χ4n) is 3.30. The standard InChI is InChI=1S/C23H18N2O5S/c1-2-30-23(29)16-12-18(14-8-4-3-5-9-14)31-21(16)24-19(26)13-25-17-11-7-6-10-15(17)20(27)22(25)28/h3-12H,2,13H2,1H3,(H,24,26). The summed E-state index contributed by atoms with van der Waals surface area (Å²) in [6.07, 6.45) is 0. The second-order valence-electron chi connectivity index (χ2n) is 6.73. The number of thiophene rings is 1. The van der Waals surface area contributed by atoms with E-state index in [9.17, 15) is 19.2 Å². The molecular weight excluding hydrogens is 416 g/mol. The normalized spacial score (nSPS) is 12.6. The Kier molecular flexibility index (Phi) is 5.64. The molecule has 31 heavy (non-hydrogen) atoms. The number of rotatable bonds is 6.